The van der Waals surface area contributed by atoms with Gasteiger partial charge in [-0.2, -0.15) is 5.26 Å². The predicted octanol–water partition coefficient (Wildman–Crippen LogP) is 1.01. The van der Waals surface area contributed by atoms with Crippen LogP contribution in [0.15, 0.2) is 12.4 Å². The minimum absolute atomic E-state index is 0.513. The second-order valence-corrected chi connectivity index (χ2v) is 1.94. The monoisotopic (exact) mass is 151 g/mol. The Hall–Kier alpha value is -1.34. The van der Waals surface area contributed by atoms with Crippen molar-refractivity contribution in [1.29, 1.82) is 5.26 Å². The molecule has 1 N–H and O–H groups in total. The molecule has 0 saturated heterocycles. The fourth-order valence-corrected chi connectivity index (χ4v) is 0.765. The highest BCUT2D eigenvalue weighted by atomic mass is 16.5. The van der Waals surface area contributed by atoms with E-state index in [1.54, 1.807) is 12.4 Å². The maximum Gasteiger partial charge on any atom is 0.201 e. The largest absolute Gasteiger partial charge is 0.356 e. The molecule has 58 valence electrons. The lowest BCUT2D eigenvalue weighted by Crippen LogP contribution is -2.03. The van der Waals surface area contributed by atoms with Gasteiger partial charge in [0.25, 0.3) is 0 Å². The molecule has 0 aliphatic heterocycles. The zero-order chi connectivity index (χ0) is 8.10. The van der Waals surface area contributed by atoms with Crippen molar-refractivity contribution in [3.05, 3.63) is 18.2 Å². The van der Waals surface area contributed by atoms with E-state index in [0.29, 0.717) is 12.4 Å². The number of H-pyrrole nitrogens is 1. The number of rotatable bonds is 3. The molecule has 1 aromatic rings. The Balaban J connectivity index is 2.65. The molecule has 0 spiro atoms. The smallest absolute Gasteiger partial charge is 0.201 e. The quantitative estimate of drug-likeness (QED) is 0.701. The fourth-order valence-electron chi connectivity index (χ4n) is 0.765. The second-order valence-electron chi connectivity index (χ2n) is 1.94. The number of aromatic nitrogens is 2. The Morgan fingerprint density at radius 3 is 3.18 bits per heavy atom. The maximum absolute atomic E-state index is 8.59. The molecule has 0 amide bonds. The van der Waals surface area contributed by atoms with Crippen molar-refractivity contribution >= 4 is 0 Å². The van der Waals surface area contributed by atoms with Crippen molar-refractivity contribution in [3.8, 4) is 6.07 Å². The first-order chi connectivity index (χ1) is 5.38. The highest BCUT2D eigenvalue weighted by molar-refractivity contribution is 5.02. The van der Waals surface area contributed by atoms with E-state index >= 15 is 0 Å². The molecule has 1 rings (SSSR count). The average Bonchev–Trinajstić information content (AvgIpc) is 2.52. The van der Waals surface area contributed by atoms with Gasteiger partial charge in [0.15, 0.2) is 0 Å². The Labute approximate surface area is 64.8 Å². The Morgan fingerprint density at radius 1 is 1.91 bits per heavy atom. The third-order valence-corrected chi connectivity index (χ3v) is 1.22. The summed E-state index contributed by atoms with van der Waals surface area (Å²) in [5, 5.41) is 8.59. The summed E-state index contributed by atoms with van der Waals surface area (Å²) in [5.74, 6) is 0.564. The SMILES string of the molecule is CCOC(C#N)c1ncc[nH]1. The molecule has 4 nitrogen and oxygen atoms in total. The molecule has 0 aliphatic carbocycles. The maximum atomic E-state index is 8.59. The normalized spacial score (nSPS) is 12.4. The van der Waals surface area contributed by atoms with Crippen LogP contribution in [0.5, 0.6) is 0 Å². The lowest BCUT2D eigenvalue weighted by atomic mass is 10.4. The lowest BCUT2D eigenvalue weighted by Gasteiger charge is -2.03. The molecule has 4 heteroatoms. The highest BCUT2D eigenvalue weighted by Gasteiger charge is 2.10. The van der Waals surface area contributed by atoms with Gasteiger partial charge in [0, 0.05) is 19.0 Å². The molecule has 1 atom stereocenters. The number of nitriles is 1. The zero-order valence-corrected chi connectivity index (χ0v) is 6.24. The minimum atomic E-state index is -0.560. The third-order valence-electron chi connectivity index (χ3n) is 1.22. The van der Waals surface area contributed by atoms with Crippen LogP contribution in [0.3, 0.4) is 0 Å². The van der Waals surface area contributed by atoms with Crippen LogP contribution in [0, 0.1) is 11.3 Å². The molecule has 0 fully saturated rings. The summed E-state index contributed by atoms with van der Waals surface area (Å²) in [4.78, 5) is 6.72. The number of nitrogens with one attached hydrogen (secondary N) is 1. The first-order valence-corrected chi connectivity index (χ1v) is 3.39. The van der Waals surface area contributed by atoms with Crippen molar-refractivity contribution in [2.45, 2.75) is 13.0 Å². The van der Waals surface area contributed by atoms with Gasteiger partial charge in [-0.3, -0.25) is 0 Å². The van der Waals surface area contributed by atoms with Crippen LogP contribution in [0.4, 0.5) is 0 Å². The third kappa shape index (κ3) is 1.79. The first kappa shape index (κ1) is 7.76. The molecule has 11 heavy (non-hydrogen) atoms. The summed E-state index contributed by atoms with van der Waals surface area (Å²) in [5.41, 5.74) is 0. The van der Waals surface area contributed by atoms with E-state index in [2.05, 4.69) is 9.97 Å². The summed E-state index contributed by atoms with van der Waals surface area (Å²) in [7, 11) is 0. The van der Waals surface area contributed by atoms with Crippen molar-refractivity contribution in [2.24, 2.45) is 0 Å². The molecule has 1 heterocycles. The van der Waals surface area contributed by atoms with E-state index in [1.807, 2.05) is 13.0 Å². The number of hydrogen-bond acceptors (Lipinski definition) is 3. The van der Waals surface area contributed by atoms with Gasteiger partial charge in [-0.15, -0.1) is 0 Å². The Kier molecular flexibility index (Phi) is 2.64. The lowest BCUT2D eigenvalue weighted by molar-refractivity contribution is 0.0964. The van der Waals surface area contributed by atoms with Crippen LogP contribution in [0.25, 0.3) is 0 Å². The number of imidazole rings is 1. The van der Waals surface area contributed by atoms with Gasteiger partial charge in [0.2, 0.25) is 6.10 Å². The molecule has 0 bridgehead atoms. The van der Waals surface area contributed by atoms with Crippen LogP contribution < -0.4 is 0 Å². The van der Waals surface area contributed by atoms with Crippen LogP contribution >= 0.6 is 0 Å². The second kappa shape index (κ2) is 3.74. The standard InChI is InChI=1S/C7H9N3O/c1-2-11-6(5-8)7-9-3-4-10-7/h3-4,6H,2H2,1H3,(H,9,10). The molecule has 0 aliphatic rings. The van der Waals surface area contributed by atoms with Gasteiger partial charge in [-0.05, 0) is 6.92 Å². The van der Waals surface area contributed by atoms with Gasteiger partial charge in [-0.1, -0.05) is 0 Å². The topological polar surface area (TPSA) is 61.7 Å². The zero-order valence-electron chi connectivity index (χ0n) is 6.24. The van der Waals surface area contributed by atoms with Crippen LogP contribution in [-0.2, 0) is 4.74 Å². The van der Waals surface area contributed by atoms with E-state index in [4.69, 9.17) is 10.00 Å². The molecule has 0 aromatic carbocycles. The number of hydrogen-bond donors (Lipinski definition) is 1. The predicted molar refractivity (Wildman–Crippen MR) is 38.6 cm³/mol. The molecular formula is C7H9N3O. The Morgan fingerprint density at radius 2 is 2.73 bits per heavy atom. The number of ether oxygens (including phenoxy) is 1. The Bertz CT molecular complexity index is 237. The molecule has 1 unspecified atom stereocenters. The molecule has 0 saturated carbocycles. The van der Waals surface area contributed by atoms with Gasteiger partial charge in [0.1, 0.15) is 11.9 Å². The van der Waals surface area contributed by atoms with E-state index in [0.717, 1.165) is 0 Å². The summed E-state index contributed by atoms with van der Waals surface area (Å²) < 4.78 is 5.08. The number of aromatic amines is 1. The minimum Gasteiger partial charge on any atom is -0.356 e. The molecule has 1 aromatic heterocycles. The summed E-state index contributed by atoms with van der Waals surface area (Å²) in [6.45, 7) is 2.35. The molecular weight excluding hydrogens is 142 g/mol. The summed E-state index contributed by atoms with van der Waals surface area (Å²) in [6.07, 6.45) is 2.70. The van der Waals surface area contributed by atoms with Gasteiger partial charge < -0.3 is 9.72 Å². The van der Waals surface area contributed by atoms with Crippen LogP contribution in [0.1, 0.15) is 18.9 Å². The summed E-state index contributed by atoms with van der Waals surface area (Å²) >= 11 is 0. The van der Waals surface area contributed by atoms with Crippen molar-refractivity contribution in [3.63, 3.8) is 0 Å². The fraction of sp³-hybridized carbons (Fsp3) is 0.429. The van der Waals surface area contributed by atoms with E-state index < -0.39 is 6.10 Å². The van der Waals surface area contributed by atoms with Crippen molar-refractivity contribution in [1.82, 2.24) is 9.97 Å². The number of nitrogens with zero attached hydrogens (tertiary/aromatic N) is 2. The van der Waals surface area contributed by atoms with Crippen LogP contribution in [0.2, 0.25) is 0 Å². The van der Waals surface area contributed by atoms with E-state index in [1.165, 1.54) is 0 Å². The van der Waals surface area contributed by atoms with Gasteiger partial charge in [0.05, 0.1) is 0 Å². The summed E-state index contributed by atoms with van der Waals surface area (Å²) in [6, 6.07) is 1.99. The van der Waals surface area contributed by atoms with Gasteiger partial charge >= 0.3 is 0 Å². The van der Waals surface area contributed by atoms with E-state index in [9.17, 15) is 0 Å². The first-order valence-electron chi connectivity index (χ1n) is 3.39. The van der Waals surface area contributed by atoms with Crippen molar-refractivity contribution < 1.29 is 4.74 Å². The van der Waals surface area contributed by atoms with Crippen molar-refractivity contribution in [2.75, 3.05) is 6.61 Å². The molecule has 0 radical (unpaired) electrons. The van der Waals surface area contributed by atoms with Gasteiger partial charge in [-0.25, -0.2) is 4.98 Å². The average molecular weight is 151 g/mol. The van der Waals surface area contributed by atoms with E-state index in [-0.39, 0.29) is 0 Å². The highest BCUT2D eigenvalue weighted by Crippen LogP contribution is 2.09. The van der Waals surface area contributed by atoms with Crippen LogP contribution in [-0.4, -0.2) is 16.6 Å².